The first kappa shape index (κ1) is 26.7. The van der Waals surface area contributed by atoms with Crippen LogP contribution >= 0.6 is 0 Å². The standard InChI is InChI=1S/C29H38N4O4/c1-29(2,3)26(32-25(35)16-30-4)28(37)33-17-20-14-21(34)13-12-19(20)15-24(33)27(36)31-23-11-7-9-18-8-5-6-10-22(18)23/h5-6,8,10,12-14,23-24,26,30,34H,7,9,11,15-17H2,1-4H3,(H,31,36)(H,32,35). The van der Waals surface area contributed by atoms with Crippen molar-refractivity contribution < 1.29 is 19.5 Å². The summed E-state index contributed by atoms with van der Waals surface area (Å²) in [5.74, 6) is -0.689. The van der Waals surface area contributed by atoms with Crippen LogP contribution in [0.2, 0.25) is 0 Å². The van der Waals surface area contributed by atoms with Crippen LogP contribution in [0, 0.1) is 5.41 Å². The molecule has 37 heavy (non-hydrogen) atoms. The van der Waals surface area contributed by atoms with Crippen molar-refractivity contribution in [3.05, 3.63) is 64.7 Å². The van der Waals surface area contributed by atoms with Gasteiger partial charge in [-0.05, 0) is 66.1 Å². The molecule has 3 amide bonds. The Bertz CT molecular complexity index is 1170. The van der Waals surface area contributed by atoms with Crippen molar-refractivity contribution in [3.8, 4) is 5.75 Å². The fraction of sp³-hybridized carbons (Fsp3) is 0.483. The summed E-state index contributed by atoms with van der Waals surface area (Å²) in [6.45, 7) is 5.95. The third-order valence-corrected chi connectivity index (χ3v) is 7.35. The Morgan fingerprint density at radius 2 is 1.84 bits per heavy atom. The largest absolute Gasteiger partial charge is 0.508 e. The topological polar surface area (TPSA) is 111 Å². The van der Waals surface area contributed by atoms with Crippen LogP contribution in [0.15, 0.2) is 42.5 Å². The van der Waals surface area contributed by atoms with E-state index < -0.39 is 17.5 Å². The summed E-state index contributed by atoms with van der Waals surface area (Å²) in [5.41, 5.74) is 3.53. The van der Waals surface area contributed by atoms with Crippen molar-refractivity contribution in [2.75, 3.05) is 13.6 Å². The Morgan fingerprint density at radius 3 is 2.57 bits per heavy atom. The maximum Gasteiger partial charge on any atom is 0.246 e. The first-order valence-corrected chi connectivity index (χ1v) is 13.0. The number of amides is 3. The molecule has 2 aromatic carbocycles. The minimum Gasteiger partial charge on any atom is -0.508 e. The van der Waals surface area contributed by atoms with E-state index in [1.165, 1.54) is 5.56 Å². The summed E-state index contributed by atoms with van der Waals surface area (Å²) in [6, 6.07) is 11.6. The van der Waals surface area contributed by atoms with Gasteiger partial charge in [-0.15, -0.1) is 0 Å². The molecule has 0 saturated carbocycles. The van der Waals surface area contributed by atoms with Gasteiger partial charge in [-0.1, -0.05) is 51.1 Å². The normalized spacial score (nSPS) is 19.8. The Balaban J connectivity index is 1.65. The highest BCUT2D eigenvalue weighted by molar-refractivity contribution is 5.93. The highest BCUT2D eigenvalue weighted by atomic mass is 16.3. The lowest BCUT2D eigenvalue weighted by atomic mass is 9.84. The van der Waals surface area contributed by atoms with Gasteiger partial charge in [0.2, 0.25) is 17.7 Å². The number of aryl methyl sites for hydroxylation is 1. The summed E-state index contributed by atoms with van der Waals surface area (Å²) in [5, 5.41) is 19.0. The molecule has 3 atom stereocenters. The predicted molar refractivity (Wildman–Crippen MR) is 142 cm³/mol. The highest BCUT2D eigenvalue weighted by Crippen LogP contribution is 2.32. The SMILES string of the molecule is CNCC(=O)NC(C(=O)N1Cc2cc(O)ccc2CC1C(=O)NC1CCCc2ccccc21)C(C)(C)C. The average molecular weight is 507 g/mol. The molecule has 0 bridgehead atoms. The van der Waals surface area contributed by atoms with Crippen LogP contribution in [0.25, 0.3) is 0 Å². The summed E-state index contributed by atoms with van der Waals surface area (Å²) in [6.07, 6.45) is 3.16. The molecule has 0 aromatic heterocycles. The Kier molecular flexibility index (Phi) is 7.87. The van der Waals surface area contributed by atoms with Gasteiger partial charge in [0, 0.05) is 13.0 Å². The molecule has 1 aliphatic carbocycles. The number of aromatic hydroxyl groups is 1. The van der Waals surface area contributed by atoms with Gasteiger partial charge in [-0.3, -0.25) is 14.4 Å². The number of rotatable bonds is 6. The molecule has 4 N–H and O–H groups in total. The van der Waals surface area contributed by atoms with Crippen LogP contribution < -0.4 is 16.0 Å². The smallest absolute Gasteiger partial charge is 0.246 e. The maximum absolute atomic E-state index is 14.0. The number of phenolic OH excluding ortho intramolecular Hbond substituents is 1. The molecule has 0 fully saturated rings. The van der Waals surface area contributed by atoms with Crippen LogP contribution in [0.5, 0.6) is 5.75 Å². The minimum absolute atomic E-state index is 0.0849. The maximum atomic E-state index is 14.0. The minimum atomic E-state index is -0.821. The molecule has 0 saturated heterocycles. The van der Waals surface area contributed by atoms with Gasteiger partial charge in [0.05, 0.1) is 12.6 Å². The fourth-order valence-corrected chi connectivity index (χ4v) is 5.40. The zero-order chi connectivity index (χ0) is 26.7. The van der Waals surface area contributed by atoms with Crippen LogP contribution in [0.4, 0.5) is 0 Å². The molecule has 0 radical (unpaired) electrons. The van der Waals surface area contributed by atoms with Gasteiger partial charge in [-0.25, -0.2) is 0 Å². The molecule has 1 aliphatic heterocycles. The van der Waals surface area contributed by atoms with Gasteiger partial charge in [0.15, 0.2) is 0 Å². The molecular weight excluding hydrogens is 468 g/mol. The number of nitrogens with zero attached hydrogens (tertiary/aromatic N) is 1. The Hall–Kier alpha value is -3.39. The van der Waals surface area contributed by atoms with E-state index in [0.29, 0.717) is 6.42 Å². The van der Waals surface area contributed by atoms with Crippen molar-refractivity contribution in [2.45, 2.75) is 71.1 Å². The predicted octanol–water partition coefficient (Wildman–Crippen LogP) is 2.59. The molecule has 3 unspecified atom stereocenters. The lowest BCUT2D eigenvalue weighted by Gasteiger charge is -2.41. The van der Waals surface area contributed by atoms with E-state index in [1.807, 2.05) is 39.0 Å². The molecule has 8 heteroatoms. The van der Waals surface area contributed by atoms with Crippen molar-refractivity contribution in [3.63, 3.8) is 0 Å². The van der Waals surface area contributed by atoms with Gasteiger partial charge in [-0.2, -0.15) is 0 Å². The van der Waals surface area contributed by atoms with E-state index in [4.69, 9.17) is 0 Å². The number of carbonyl (C=O) groups is 3. The third kappa shape index (κ3) is 5.96. The number of hydrogen-bond donors (Lipinski definition) is 4. The van der Waals surface area contributed by atoms with Crippen LogP contribution in [0.1, 0.15) is 61.9 Å². The molecule has 1 heterocycles. The lowest BCUT2D eigenvalue weighted by Crippen LogP contribution is -2.61. The molecule has 2 aliphatic rings. The fourth-order valence-electron chi connectivity index (χ4n) is 5.40. The second-order valence-electron chi connectivity index (χ2n) is 11.2. The molecule has 198 valence electrons. The van der Waals surface area contributed by atoms with Crippen LogP contribution in [-0.4, -0.2) is 53.4 Å². The van der Waals surface area contributed by atoms with Gasteiger partial charge in [0.1, 0.15) is 17.8 Å². The molecule has 8 nitrogen and oxygen atoms in total. The van der Waals surface area contributed by atoms with Crippen molar-refractivity contribution >= 4 is 17.7 Å². The summed E-state index contributed by atoms with van der Waals surface area (Å²) in [7, 11) is 1.67. The quantitative estimate of drug-likeness (QED) is 0.481. The number of likely N-dealkylation sites (N-methyl/N-ethyl adjacent to an activating group) is 1. The Morgan fingerprint density at radius 1 is 1.08 bits per heavy atom. The van der Waals surface area contributed by atoms with E-state index >= 15 is 0 Å². The number of nitrogens with one attached hydrogen (secondary N) is 3. The number of fused-ring (bicyclic) bond motifs is 2. The van der Waals surface area contributed by atoms with E-state index in [-0.39, 0.29) is 42.6 Å². The van der Waals surface area contributed by atoms with E-state index in [2.05, 4.69) is 28.1 Å². The van der Waals surface area contributed by atoms with Crippen LogP contribution in [0.3, 0.4) is 0 Å². The second kappa shape index (κ2) is 10.9. The van der Waals surface area contributed by atoms with E-state index in [1.54, 1.807) is 24.1 Å². The average Bonchev–Trinajstić information content (AvgIpc) is 2.85. The van der Waals surface area contributed by atoms with E-state index in [0.717, 1.165) is 36.0 Å². The highest BCUT2D eigenvalue weighted by Gasteiger charge is 2.42. The van der Waals surface area contributed by atoms with Crippen LogP contribution in [-0.2, 0) is 33.8 Å². The zero-order valence-corrected chi connectivity index (χ0v) is 22.1. The number of hydrogen-bond acceptors (Lipinski definition) is 5. The lowest BCUT2D eigenvalue weighted by molar-refractivity contribution is -0.147. The summed E-state index contributed by atoms with van der Waals surface area (Å²) < 4.78 is 0. The first-order chi connectivity index (χ1) is 17.6. The monoisotopic (exact) mass is 506 g/mol. The van der Waals surface area contributed by atoms with E-state index in [9.17, 15) is 19.5 Å². The Labute approximate surface area is 218 Å². The first-order valence-electron chi connectivity index (χ1n) is 13.0. The molecule has 4 rings (SSSR count). The second-order valence-corrected chi connectivity index (χ2v) is 11.2. The number of phenols is 1. The third-order valence-electron chi connectivity index (χ3n) is 7.35. The van der Waals surface area contributed by atoms with Gasteiger partial charge < -0.3 is 26.0 Å². The molecule has 2 aromatic rings. The van der Waals surface area contributed by atoms with Gasteiger partial charge in [0.25, 0.3) is 0 Å². The summed E-state index contributed by atoms with van der Waals surface area (Å²) in [4.78, 5) is 41.9. The van der Waals surface area contributed by atoms with Gasteiger partial charge >= 0.3 is 0 Å². The number of carbonyl (C=O) groups excluding carboxylic acids is 3. The van der Waals surface area contributed by atoms with Crippen molar-refractivity contribution in [1.82, 2.24) is 20.9 Å². The number of benzene rings is 2. The van der Waals surface area contributed by atoms with Crippen molar-refractivity contribution in [2.24, 2.45) is 5.41 Å². The summed E-state index contributed by atoms with van der Waals surface area (Å²) >= 11 is 0. The molecular formula is C29H38N4O4. The zero-order valence-electron chi connectivity index (χ0n) is 22.1. The van der Waals surface area contributed by atoms with Crippen molar-refractivity contribution in [1.29, 1.82) is 0 Å². The molecule has 0 spiro atoms.